The Kier molecular flexibility index (Phi) is 5.15. The van der Waals surface area contributed by atoms with E-state index >= 15 is 0 Å². The van der Waals surface area contributed by atoms with Crippen molar-refractivity contribution in [1.29, 1.82) is 0 Å². The minimum absolute atomic E-state index is 0.0337. The van der Waals surface area contributed by atoms with E-state index in [1.54, 1.807) is 0 Å². The number of benzene rings is 1. The highest BCUT2D eigenvalue weighted by Crippen LogP contribution is 2.41. The molecule has 1 saturated carbocycles. The number of rotatable bonds is 5. The van der Waals surface area contributed by atoms with Crippen molar-refractivity contribution < 1.29 is 13.0 Å². The van der Waals surface area contributed by atoms with Gasteiger partial charge in [0, 0.05) is 12.1 Å². The summed E-state index contributed by atoms with van der Waals surface area (Å²) in [6, 6.07) is 3.37. The third-order valence-electron chi connectivity index (χ3n) is 4.29. The van der Waals surface area contributed by atoms with E-state index in [-0.39, 0.29) is 21.6 Å². The second-order valence-electron chi connectivity index (χ2n) is 6.37. The Bertz CT molecular complexity index is 533. The van der Waals surface area contributed by atoms with E-state index in [1.807, 2.05) is 0 Å². The minimum atomic E-state index is -1.46. The number of hydrogen-bond donors (Lipinski definition) is 1. The summed E-state index contributed by atoms with van der Waals surface area (Å²) < 4.78 is 39.6. The summed E-state index contributed by atoms with van der Waals surface area (Å²) in [5, 5.41) is 3.33. The van der Waals surface area contributed by atoms with Crippen LogP contribution in [0.3, 0.4) is 0 Å². The zero-order chi connectivity index (χ0) is 15.6. The lowest BCUT2D eigenvalue weighted by Gasteiger charge is -2.31. The highest BCUT2D eigenvalue weighted by Gasteiger charge is 2.44. The Labute approximate surface area is 127 Å². The minimum Gasteiger partial charge on any atom is -0.312 e. The second kappa shape index (κ2) is 6.53. The molecule has 1 N–H and O–H groups in total. The van der Waals surface area contributed by atoms with E-state index in [0.717, 1.165) is 31.9 Å². The summed E-state index contributed by atoms with van der Waals surface area (Å²) in [5.74, 6) is -1.35. The normalized spacial score (nSPS) is 26.0. The number of halogens is 2. The van der Waals surface area contributed by atoms with E-state index in [0.29, 0.717) is 0 Å². The molecular formula is C16H23F2NOS. The summed E-state index contributed by atoms with van der Waals surface area (Å²) in [4.78, 5) is 0.113. The van der Waals surface area contributed by atoms with Crippen molar-refractivity contribution >= 4 is 10.8 Å². The lowest BCUT2D eigenvalue weighted by Crippen LogP contribution is -2.46. The molecule has 3 unspecified atom stereocenters. The first-order valence-corrected chi connectivity index (χ1v) is 8.67. The highest BCUT2D eigenvalue weighted by atomic mass is 32.2. The van der Waals surface area contributed by atoms with Crippen molar-refractivity contribution in [2.24, 2.45) is 5.41 Å². The van der Waals surface area contributed by atoms with Crippen LogP contribution in [0, 0.1) is 17.0 Å². The van der Waals surface area contributed by atoms with E-state index in [1.165, 1.54) is 12.1 Å². The maximum Gasteiger partial charge on any atom is 0.142 e. The van der Waals surface area contributed by atoms with E-state index in [4.69, 9.17) is 0 Å². The lowest BCUT2D eigenvalue weighted by molar-refractivity contribution is 0.286. The first-order valence-electron chi connectivity index (χ1n) is 7.46. The fraction of sp³-hybridized carbons (Fsp3) is 0.625. The molecule has 0 aromatic heterocycles. The van der Waals surface area contributed by atoms with Crippen molar-refractivity contribution in [3.8, 4) is 0 Å². The Hall–Kier alpha value is -0.810. The quantitative estimate of drug-likeness (QED) is 0.899. The second-order valence-corrected chi connectivity index (χ2v) is 8.01. The van der Waals surface area contributed by atoms with Gasteiger partial charge in [-0.15, -0.1) is 0 Å². The molecule has 3 atom stereocenters. The maximum absolute atomic E-state index is 13.9. The summed E-state index contributed by atoms with van der Waals surface area (Å²) in [6.07, 6.45) is 2.74. The van der Waals surface area contributed by atoms with Crippen LogP contribution in [-0.2, 0) is 10.8 Å². The SMILES string of the molecule is CCCNC1C(S(=O)c2ccc(F)cc2F)CCC1(C)C. The molecule has 0 heterocycles. The fourth-order valence-electron chi connectivity index (χ4n) is 3.08. The first kappa shape index (κ1) is 16.6. The van der Waals surface area contributed by atoms with Crippen LogP contribution in [-0.4, -0.2) is 22.0 Å². The van der Waals surface area contributed by atoms with Gasteiger partial charge in [-0.3, -0.25) is 4.21 Å². The lowest BCUT2D eigenvalue weighted by atomic mass is 9.87. The van der Waals surface area contributed by atoms with Crippen LogP contribution in [0.2, 0.25) is 0 Å². The van der Waals surface area contributed by atoms with E-state index in [9.17, 15) is 13.0 Å². The summed E-state index contributed by atoms with van der Waals surface area (Å²) >= 11 is 0. The molecule has 21 heavy (non-hydrogen) atoms. The third kappa shape index (κ3) is 3.51. The smallest absolute Gasteiger partial charge is 0.142 e. The van der Waals surface area contributed by atoms with Crippen LogP contribution >= 0.6 is 0 Å². The number of hydrogen-bond acceptors (Lipinski definition) is 2. The van der Waals surface area contributed by atoms with Gasteiger partial charge in [0.25, 0.3) is 0 Å². The Morgan fingerprint density at radius 2 is 2.10 bits per heavy atom. The van der Waals surface area contributed by atoms with Gasteiger partial charge in [0.15, 0.2) is 0 Å². The van der Waals surface area contributed by atoms with Gasteiger partial charge in [-0.05, 0) is 43.4 Å². The molecule has 2 nitrogen and oxygen atoms in total. The van der Waals surface area contributed by atoms with E-state index in [2.05, 4.69) is 26.1 Å². The Balaban J connectivity index is 2.24. The van der Waals surface area contributed by atoms with Gasteiger partial charge in [-0.2, -0.15) is 0 Å². The molecule has 1 aromatic rings. The standard InChI is InChI=1S/C16H23F2NOS/c1-4-9-19-15-14(7-8-16(15,2)3)21(20)13-6-5-11(17)10-12(13)18/h5-6,10,14-15,19H,4,7-9H2,1-3H3. The predicted molar refractivity (Wildman–Crippen MR) is 81.7 cm³/mol. The average molecular weight is 315 g/mol. The molecule has 1 fully saturated rings. The van der Waals surface area contributed by atoms with Crippen molar-refractivity contribution in [3.05, 3.63) is 29.8 Å². The molecule has 1 aliphatic carbocycles. The van der Waals surface area contributed by atoms with Crippen LogP contribution in [0.4, 0.5) is 8.78 Å². The van der Waals surface area contributed by atoms with Crippen LogP contribution in [0.25, 0.3) is 0 Å². The zero-order valence-corrected chi connectivity index (χ0v) is 13.6. The first-order chi connectivity index (χ1) is 9.86. The van der Waals surface area contributed by atoms with Crippen molar-refractivity contribution in [2.45, 2.75) is 56.2 Å². The third-order valence-corrected chi connectivity index (χ3v) is 6.11. The average Bonchev–Trinajstić information content (AvgIpc) is 2.71. The van der Waals surface area contributed by atoms with Crippen molar-refractivity contribution in [2.75, 3.05) is 6.54 Å². The van der Waals surface area contributed by atoms with Gasteiger partial charge in [-0.1, -0.05) is 20.8 Å². The monoisotopic (exact) mass is 315 g/mol. The topological polar surface area (TPSA) is 29.1 Å². The fourth-order valence-corrected chi connectivity index (χ4v) is 4.90. The van der Waals surface area contributed by atoms with Gasteiger partial charge in [-0.25, -0.2) is 8.78 Å². The van der Waals surface area contributed by atoms with Crippen LogP contribution in [0.15, 0.2) is 23.1 Å². The molecular weight excluding hydrogens is 292 g/mol. The molecule has 0 bridgehead atoms. The molecule has 2 rings (SSSR count). The van der Waals surface area contributed by atoms with Gasteiger partial charge in [0.1, 0.15) is 11.6 Å². The zero-order valence-electron chi connectivity index (χ0n) is 12.8. The Morgan fingerprint density at radius 1 is 1.38 bits per heavy atom. The highest BCUT2D eigenvalue weighted by molar-refractivity contribution is 7.85. The van der Waals surface area contributed by atoms with Gasteiger partial charge < -0.3 is 5.32 Å². The van der Waals surface area contributed by atoms with Crippen LogP contribution < -0.4 is 5.32 Å². The molecule has 0 radical (unpaired) electrons. The van der Waals surface area contributed by atoms with Gasteiger partial charge in [0.05, 0.1) is 20.9 Å². The van der Waals surface area contributed by atoms with Crippen LogP contribution in [0.5, 0.6) is 0 Å². The van der Waals surface area contributed by atoms with E-state index < -0.39 is 22.4 Å². The molecule has 0 aliphatic heterocycles. The predicted octanol–water partition coefficient (Wildman–Crippen LogP) is 3.63. The molecule has 1 aromatic carbocycles. The number of nitrogens with one attached hydrogen (secondary N) is 1. The molecule has 1 aliphatic rings. The molecule has 118 valence electrons. The largest absolute Gasteiger partial charge is 0.312 e. The van der Waals surface area contributed by atoms with Crippen molar-refractivity contribution in [1.82, 2.24) is 5.32 Å². The van der Waals surface area contributed by atoms with Crippen molar-refractivity contribution in [3.63, 3.8) is 0 Å². The van der Waals surface area contributed by atoms with Gasteiger partial charge in [0.2, 0.25) is 0 Å². The van der Waals surface area contributed by atoms with Gasteiger partial charge >= 0.3 is 0 Å². The molecule has 0 saturated heterocycles. The molecule has 5 heteroatoms. The van der Waals surface area contributed by atoms with Crippen LogP contribution in [0.1, 0.15) is 40.0 Å². The summed E-state index contributed by atoms with van der Waals surface area (Å²) in [5.41, 5.74) is 0.0337. The molecule has 0 amide bonds. The summed E-state index contributed by atoms with van der Waals surface area (Å²) in [6.45, 7) is 7.24. The molecule has 0 spiro atoms. The summed E-state index contributed by atoms with van der Waals surface area (Å²) in [7, 11) is -1.46. The Morgan fingerprint density at radius 3 is 2.71 bits per heavy atom. The maximum atomic E-state index is 13.9.